The summed E-state index contributed by atoms with van der Waals surface area (Å²) in [5, 5.41) is 14.2. The molecule has 2 amide bonds. The summed E-state index contributed by atoms with van der Waals surface area (Å²) in [5.41, 5.74) is 6.25. The molecule has 0 saturated heterocycles. The molecule has 11 nitrogen and oxygen atoms in total. The van der Waals surface area contributed by atoms with Crippen molar-refractivity contribution >= 4 is 29.6 Å². The number of esters is 2. The number of nitrogens with zero attached hydrogens (tertiary/aromatic N) is 2. The number of hydrogen-bond donors (Lipinski definition) is 3. The van der Waals surface area contributed by atoms with Crippen molar-refractivity contribution in [2.75, 3.05) is 5.32 Å². The smallest absolute Gasteiger partial charge is 0.343 e. The number of amides is 2. The number of rotatable bonds is 10. The largest absolute Gasteiger partial charge is 0.425 e. The topological polar surface area (TPSA) is 174 Å². The maximum Gasteiger partial charge on any atom is 0.343 e. The van der Waals surface area contributed by atoms with Crippen molar-refractivity contribution < 1.29 is 33.0 Å². The first-order valence-corrected chi connectivity index (χ1v) is 13.6. The summed E-state index contributed by atoms with van der Waals surface area (Å²) in [7, 11) is 0. The Bertz CT molecular complexity index is 1580. The van der Waals surface area contributed by atoms with E-state index in [9.17, 15) is 19.2 Å². The number of halogens is 1. The van der Waals surface area contributed by atoms with E-state index in [2.05, 4.69) is 15.6 Å². The highest BCUT2D eigenvalue weighted by molar-refractivity contribution is 6.01. The van der Waals surface area contributed by atoms with Gasteiger partial charge in [0, 0.05) is 30.1 Å². The van der Waals surface area contributed by atoms with Gasteiger partial charge in [0.2, 0.25) is 0 Å². The number of Topliss-reactive ketones (excluding diaryl/α,β-unsaturated/α-hetero) is 1. The van der Waals surface area contributed by atoms with Crippen molar-refractivity contribution in [3.63, 3.8) is 0 Å². The van der Waals surface area contributed by atoms with Crippen LogP contribution in [0.15, 0.2) is 54.7 Å². The molecule has 222 valence electrons. The Hall–Kier alpha value is -5.15. The van der Waals surface area contributed by atoms with Crippen LogP contribution in [0.1, 0.15) is 71.4 Å². The van der Waals surface area contributed by atoms with Gasteiger partial charge in [-0.05, 0) is 60.9 Å². The lowest BCUT2D eigenvalue weighted by Crippen LogP contribution is -2.38. The second-order valence-electron chi connectivity index (χ2n) is 10.3. The summed E-state index contributed by atoms with van der Waals surface area (Å²) in [6, 6.07) is 10.9. The van der Waals surface area contributed by atoms with Gasteiger partial charge in [-0.2, -0.15) is 5.26 Å². The van der Waals surface area contributed by atoms with Crippen LogP contribution in [0.4, 0.5) is 15.0 Å². The Morgan fingerprint density at radius 1 is 1.09 bits per heavy atom. The molecule has 12 heteroatoms. The average Bonchev–Trinajstić information content (AvgIpc) is 3.74. The van der Waals surface area contributed by atoms with E-state index in [4.69, 9.17) is 20.5 Å². The third kappa shape index (κ3) is 7.38. The second-order valence-corrected chi connectivity index (χ2v) is 10.3. The fourth-order valence-corrected chi connectivity index (χ4v) is 4.24. The number of nitrogens with one attached hydrogen (secondary N) is 2. The first-order valence-electron chi connectivity index (χ1n) is 13.6. The van der Waals surface area contributed by atoms with Gasteiger partial charge in [-0.15, -0.1) is 0 Å². The van der Waals surface area contributed by atoms with E-state index >= 15 is 4.39 Å². The number of aromatic nitrogens is 1. The molecule has 2 aromatic carbocycles. The number of ketones is 1. The molecule has 43 heavy (non-hydrogen) atoms. The summed E-state index contributed by atoms with van der Waals surface area (Å²) in [6.45, 7) is 5.20. The van der Waals surface area contributed by atoms with Crippen molar-refractivity contribution in [3.05, 3.63) is 82.8 Å². The highest BCUT2D eigenvalue weighted by Gasteiger charge is 2.44. The quantitative estimate of drug-likeness (QED) is 0.176. The third-order valence-corrected chi connectivity index (χ3v) is 6.87. The third-order valence-electron chi connectivity index (χ3n) is 6.87. The number of benzene rings is 2. The standard InChI is InChI=1S/C31H30FN5O6/c1-4-24(38)20-10-11-22(32)26(21-13-23(21)36-31(41)37-25-12-5-17(14-33)15-35-25)28(20)43-29(39)18-6-8-19(9-7-18)42-30(40)27(34)16(2)3/h5-12,15-16,21,23,27H,4,13,34H2,1-3H3,(H2,35,36,37,41)/t21?,23?,27-/m0/s1. The number of anilines is 1. The van der Waals surface area contributed by atoms with E-state index < -0.39 is 41.8 Å². The van der Waals surface area contributed by atoms with E-state index in [1.54, 1.807) is 20.8 Å². The predicted molar refractivity (Wildman–Crippen MR) is 153 cm³/mol. The summed E-state index contributed by atoms with van der Waals surface area (Å²) < 4.78 is 26.1. The van der Waals surface area contributed by atoms with Gasteiger partial charge in [-0.1, -0.05) is 20.8 Å². The van der Waals surface area contributed by atoms with Crippen LogP contribution in [0.3, 0.4) is 0 Å². The van der Waals surface area contributed by atoms with Crippen LogP contribution in [0.2, 0.25) is 0 Å². The number of nitrogens with two attached hydrogens (primary N) is 1. The predicted octanol–water partition coefficient (Wildman–Crippen LogP) is 4.47. The van der Waals surface area contributed by atoms with Crippen molar-refractivity contribution in [1.29, 1.82) is 5.26 Å². The van der Waals surface area contributed by atoms with Crippen LogP contribution >= 0.6 is 0 Å². The molecule has 1 fully saturated rings. The highest BCUT2D eigenvalue weighted by Crippen LogP contribution is 2.47. The number of carbonyl (C=O) groups is 4. The first-order chi connectivity index (χ1) is 20.5. The van der Waals surface area contributed by atoms with E-state index in [0.717, 1.165) is 6.07 Å². The van der Waals surface area contributed by atoms with Crippen molar-refractivity contribution in [2.24, 2.45) is 11.7 Å². The lowest BCUT2D eigenvalue weighted by atomic mass is 9.99. The van der Waals surface area contributed by atoms with Gasteiger partial charge in [0.05, 0.1) is 16.7 Å². The minimum atomic E-state index is -0.858. The molecule has 0 aliphatic heterocycles. The van der Waals surface area contributed by atoms with Gasteiger partial charge in [0.25, 0.3) is 0 Å². The van der Waals surface area contributed by atoms with Gasteiger partial charge in [0.1, 0.15) is 35.2 Å². The van der Waals surface area contributed by atoms with Crippen LogP contribution in [-0.2, 0) is 4.79 Å². The molecular formula is C31H30FN5O6. The highest BCUT2D eigenvalue weighted by atomic mass is 19.1. The van der Waals surface area contributed by atoms with Crippen molar-refractivity contribution in [3.8, 4) is 17.6 Å². The monoisotopic (exact) mass is 587 g/mol. The number of ether oxygens (including phenoxy) is 2. The lowest BCUT2D eigenvalue weighted by molar-refractivity contribution is -0.136. The zero-order chi connectivity index (χ0) is 31.3. The van der Waals surface area contributed by atoms with Crippen LogP contribution in [0.25, 0.3) is 0 Å². The van der Waals surface area contributed by atoms with Gasteiger partial charge in [0.15, 0.2) is 5.78 Å². The van der Waals surface area contributed by atoms with E-state index in [1.165, 1.54) is 48.7 Å². The number of nitriles is 1. The normalized spacial score (nSPS) is 16.0. The number of carbonyl (C=O) groups excluding carboxylic acids is 4. The van der Waals surface area contributed by atoms with Crippen molar-refractivity contribution in [1.82, 2.24) is 10.3 Å². The molecular weight excluding hydrogens is 557 g/mol. The molecule has 0 radical (unpaired) electrons. The molecule has 2 unspecified atom stereocenters. The second kappa shape index (κ2) is 13.2. The Labute approximate surface area is 247 Å². The Morgan fingerprint density at radius 3 is 2.42 bits per heavy atom. The molecule has 4 rings (SSSR count). The zero-order valence-electron chi connectivity index (χ0n) is 23.7. The molecule has 1 aliphatic rings. The maximum atomic E-state index is 15.2. The number of urea groups is 1. The molecule has 3 atom stereocenters. The average molecular weight is 588 g/mol. The van der Waals surface area contributed by atoms with Crippen LogP contribution < -0.4 is 25.8 Å². The molecule has 1 aliphatic carbocycles. The van der Waals surface area contributed by atoms with Crippen molar-refractivity contribution in [2.45, 2.75) is 51.6 Å². The first kappa shape index (κ1) is 30.8. The summed E-state index contributed by atoms with van der Waals surface area (Å²) in [5.74, 6) is -3.04. The van der Waals surface area contributed by atoms with E-state index in [0.29, 0.717) is 12.0 Å². The zero-order valence-corrected chi connectivity index (χ0v) is 23.7. The minimum absolute atomic E-state index is 0.00247. The fourth-order valence-electron chi connectivity index (χ4n) is 4.24. The Morgan fingerprint density at radius 2 is 1.81 bits per heavy atom. The maximum absolute atomic E-state index is 15.2. The molecule has 4 N–H and O–H groups in total. The summed E-state index contributed by atoms with van der Waals surface area (Å²) in [4.78, 5) is 54.5. The summed E-state index contributed by atoms with van der Waals surface area (Å²) in [6.07, 6.45) is 1.72. The molecule has 1 saturated carbocycles. The van der Waals surface area contributed by atoms with Crippen LogP contribution in [0, 0.1) is 23.1 Å². The van der Waals surface area contributed by atoms with Crippen LogP contribution in [0.5, 0.6) is 11.5 Å². The van der Waals surface area contributed by atoms with E-state index in [1.807, 2.05) is 6.07 Å². The molecule has 0 spiro atoms. The summed E-state index contributed by atoms with van der Waals surface area (Å²) >= 11 is 0. The van der Waals surface area contributed by atoms with Gasteiger partial charge >= 0.3 is 18.0 Å². The number of hydrogen-bond acceptors (Lipinski definition) is 9. The molecule has 1 heterocycles. The molecule has 3 aromatic rings. The minimum Gasteiger partial charge on any atom is -0.425 e. The van der Waals surface area contributed by atoms with Gasteiger partial charge < -0.3 is 20.5 Å². The Kier molecular flexibility index (Phi) is 9.47. The molecule has 0 bridgehead atoms. The molecule has 1 aromatic heterocycles. The Balaban J connectivity index is 1.51. The van der Waals surface area contributed by atoms with Crippen LogP contribution in [-0.4, -0.2) is 40.8 Å². The SMILES string of the molecule is CCC(=O)c1ccc(F)c(C2CC2NC(=O)Nc2ccc(C#N)cn2)c1OC(=O)c1ccc(OC(=O)[C@@H](N)C(C)C)cc1. The van der Waals surface area contributed by atoms with E-state index in [-0.39, 0.29) is 52.1 Å². The fraction of sp³-hybridized carbons (Fsp3) is 0.290. The number of pyridine rings is 1. The van der Waals surface area contributed by atoms with Gasteiger partial charge in [-0.3, -0.25) is 10.1 Å². The lowest BCUT2D eigenvalue weighted by Gasteiger charge is -2.16. The van der Waals surface area contributed by atoms with Gasteiger partial charge in [-0.25, -0.2) is 23.8 Å².